The van der Waals surface area contributed by atoms with Crippen molar-refractivity contribution in [3.05, 3.63) is 60.5 Å². The largest absolute Gasteiger partial charge is 0.465 e. The lowest BCUT2D eigenvalue weighted by atomic mass is 10.1. The third-order valence-corrected chi connectivity index (χ3v) is 5.34. The summed E-state index contributed by atoms with van der Waals surface area (Å²) >= 11 is 4.67. The van der Waals surface area contributed by atoms with Gasteiger partial charge in [-0.15, -0.1) is 11.3 Å². The van der Waals surface area contributed by atoms with E-state index >= 15 is 0 Å². The SMILES string of the molecule is COC(=O)c1scc(C)c1N/N=C(\C)c1cc2cc(Br)ccc2oc1=O. The summed E-state index contributed by atoms with van der Waals surface area (Å²) in [4.78, 5) is 24.5. The second-order valence-electron chi connectivity index (χ2n) is 5.55. The van der Waals surface area contributed by atoms with Crippen LogP contribution in [0.4, 0.5) is 5.69 Å². The molecule has 2 heterocycles. The minimum absolute atomic E-state index is 0.343. The van der Waals surface area contributed by atoms with Crippen LogP contribution < -0.4 is 11.1 Å². The molecule has 0 fully saturated rings. The van der Waals surface area contributed by atoms with Gasteiger partial charge in [0.25, 0.3) is 0 Å². The van der Waals surface area contributed by atoms with E-state index in [1.165, 1.54) is 18.4 Å². The van der Waals surface area contributed by atoms with Gasteiger partial charge in [-0.05, 0) is 49.1 Å². The van der Waals surface area contributed by atoms with Crippen LogP contribution in [0.2, 0.25) is 0 Å². The van der Waals surface area contributed by atoms with Gasteiger partial charge in [-0.2, -0.15) is 5.10 Å². The Morgan fingerprint density at radius 3 is 2.85 bits per heavy atom. The second kappa shape index (κ2) is 7.43. The van der Waals surface area contributed by atoms with Crippen molar-refractivity contribution in [2.24, 2.45) is 5.10 Å². The van der Waals surface area contributed by atoms with E-state index < -0.39 is 11.6 Å². The Morgan fingerprint density at radius 1 is 1.35 bits per heavy atom. The Kier molecular flexibility index (Phi) is 5.24. The van der Waals surface area contributed by atoms with Gasteiger partial charge in [-0.1, -0.05) is 15.9 Å². The fourth-order valence-corrected chi connectivity index (χ4v) is 3.67. The second-order valence-corrected chi connectivity index (χ2v) is 7.35. The highest BCUT2D eigenvalue weighted by atomic mass is 79.9. The molecule has 0 amide bonds. The Hall–Kier alpha value is -2.45. The molecule has 0 saturated heterocycles. The van der Waals surface area contributed by atoms with Gasteiger partial charge in [0.2, 0.25) is 0 Å². The number of nitrogens with zero attached hydrogens (tertiary/aromatic N) is 1. The highest BCUT2D eigenvalue weighted by Gasteiger charge is 2.17. The lowest BCUT2D eigenvalue weighted by Crippen LogP contribution is -2.13. The fraction of sp³-hybridized carbons (Fsp3) is 0.167. The molecule has 0 aliphatic heterocycles. The molecule has 8 heteroatoms. The smallest absolute Gasteiger partial charge is 0.350 e. The number of aryl methyl sites for hydroxylation is 1. The van der Waals surface area contributed by atoms with Gasteiger partial charge >= 0.3 is 11.6 Å². The van der Waals surface area contributed by atoms with Crippen LogP contribution in [0, 0.1) is 6.92 Å². The summed E-state index contributed by atoms with van der Waals surface area (Å²) in [6, 6.07) is 7.13. The number of rotatable bonds is 4. The first kappa shape index (κ1) is 18.3. The molecule has 3 rings (SSSR count). The van der Waals surface area contributed by atoms with Gasteiger partial charge in [-0.3, -0.25) is 5.43 Å². The third kappa shape index (κ3) is 3.56. The van der Waals surface area contributed by atoms with Crippen LogP contribution >= 0.6 is 27.3 Å². The number of ether oxygens (including phenoxy) is 1. The van der Waals surface area contributed by atoms with Gasteiger partial charge in [0, 0.05) is 9.86 Å². The monoisotopic (exact) mass is 434 g/mol. The molecule has 0 atom stereocenters. The van der Waals surface area contributed by atoms with E-state index in [0.29, 0.717) is 27.4 Å². The molecular weight excluding hydrogens is 420 g/mol. The molecule has 0 unspecified atom stereocenters. The maximum atomic E-state index is 12.3. The Bertz CT molecular complexity index is 1080. The molecule has 6 nitrogen and oxygen atoms in total. The minimum Gasteiger partial charge on any atom is -0.465 e. The van der Waals surface area contributed by atoms with Crippen molar-refractivity contribution in [3.63, 3.8) is 0 Å². The first-order valence-electron chi connectivity index (χ1n) is 7.61. The van der Waals surface area contributed by atoms with Crippen LogP contribution in [-0.2, 0) is 4.74 Å². The van der Waals surface area contributed by atoms with Crippen molar-refractivity contribution in [2.75, 3.05) is 12.5 Å². The van der Waals surface area contributed by atoms with Crippen LogP contribution in [0.1, 0.15) is 27.7 Å². The van der Waals surface area contributed by atoms with E-state index in [9.17, 15) is 9.59 Å². The van der Waals surface area contributed by atoms with E-state index in [4.69, 9.17) is 9.15 Å². The first-order chi connectivity index (χ1) is 12.4. The number of anilines is 1. The Labute approximate surface area is 161 Å². The Balaban J connectivity index is 1.97. The van der Waals surface area contributed by atoms with Crippen LogP contribution in [-0.4, -0.2) is 18.8 Å². The summed E-state index contributed by atoms with van der Waals surface area (Å²) in [6.45, 7) is 3.56. The van der Waals surface area contributed by atoms with E-state index in [2.05, 4.69) is 26.5 Å². The van der Waals surface area contributed by atoms with E-state index in [-0.39, 0.29) is 0 Å². The number of esters is 1. The van der Waals surface area contributed by atoms with Gasteiger partial charge in [-0.25, -0.2) is 9.59 Å². The van der Waals surface area contributed by atoms with Crippen molar-refractivity contribution >= 4 is 55.6 Å². The minimum atomic E-state index is -0.474. The van der Waals surface area contributed by atoms with E-state index in [0.717, 1.165) is 15.4 Å². The summed E-state index contributed by atoms with van der Waals surface area (Å²) in [5.74, 6) is -0.437. The average molecular weight is 435 g/mol. The average Bonchev–Trinajstić information content (AvgIpc) is 2.99. The molecular formula is C18H15BrN2O4S. The molecule has 1 aromatic carbocycles. The van der Waals surface area contributed by atoms with E-state index in [1.54, 1.807) is 25.1 Å². The highest BCUT2D eigenvalue weighted by Crippen LogP contribution is 2.28. The zero-order chi connectivity index (χ0) is 18.8. The number of thiophene rings is 1. The highest BCUT2D eigenvalue weighted by molar-refractivity contribution is 9.10. The van der Waals surface area contributed by atoms with Crippen molar-refractivity contribution < 1.29 is 13.9 Å². The molecule has 0 spiro atoms. The van der Waals surface area contributed by atoms with Crippen LogP contribution in [0.3, 0.4) is 0 Å². The van der Waals surface area contributed by atoms with Gasteiger partial charge in [0.1, 0.15) is 10.5 Å². The quantitative estimate of drug-likeness (QED) is 0.282. The molecule has 26 heavy (non-hydrogen) atoms. The zero-order valence-corrected chi connectivity index (χ0v) is 16.7. The van der Waals surface area contributed by atoms with Gasteiger partial charge in [0.15, 0.2) is 0 Å². The lowest BCUT2D eigenvalue weighted by molar-refractivity contribution is 0.0607. The summed E-state index contributed by atoms with van der Waals surface area (Å²) in [6.07, 6.45) is 0. The molecule has 1 N–H and O–H groups in total. The van der Waals surface area contributed by atoms with E-state index in [1.807, 2.05) is 18.4 Å². The topological polar surface area (TPSA) is 80.9 Å². The number of hydrazone groups is 1. The molecule has 0 aliphatic carbocycles. The molecule has 0 aliphatic rings. The molecule has 0 bridgehead atoms. The van der Waals surface area contributed by atoms with Crippen molar-refractivity contribution in [3.8, 4) is 0 Å². The number of carbonyl (C=O) groups excluding carboxylic acids is 1. The summed E-state index contributed by atoms with van der Waals surface area (Å²) in [5.41, 5.74) is 5.12. The number of benzene rings is 1. The standard InChI is InChI=1S/C18H15BrN2O4S/c1-9-8-26-16(18(23)24-3)15(9)21-20-10(2)13-7-11-6-12(19)4-5-14(11)25-17(13)22/h4-8,21H,1-3H3/b20-10+. The number of nitrogens with one attached hydrogen (secondary N) is 1. The third-order valence-electron chi connectivity index (χ3n) is 3.77. The van der Waals surface area contributed by atoms with Crippen molar-refractivity contribution in [1.82, 2.24) is 0 Å². The molecule has 0 radical (unpaired) electrons. The number of methoxy groups -OCH3 is 1. The predicted octanol–water partition coefficient (Wildman–Crippen LogP) is 4.55. The van der Waals surface area contributed by atoms with Gasteiger partial charge < -0.3 is 9.15 Å². The number of fused-ring (bicyclic) bond motifs is 1. The number of hydrogen-bond donors (Lipinski definition) is 1. The fourth-order valence-electron chi connectivity index (χ4n) is 2.37. The summed E-state index contributed by atoms with van der Waals surface area (Å²) in [7, 11) is 1.33. The van der Waals surface area contributed by atoms with Crippen LogP contribution in [0.25, 0.3) is 11.0 Å². The van der Waals surface area contributed by atoms with Crippen LogP contribution in [0.5, 0.6) is 0 Å². The molecule has 3 aromatic rings. The zero-order valence-electron chi connectivity index (χ0n) is 14.3. The van der Waals surface area contributed by atoms with Crippen LogP contribution in [0.15, 0.2) is 48.4 Å². The normalized spacial score (nSPS) is 11.6. The maximum absolute atomic E-state index is 12.3. The van der Waals surface area contributed by atoms with Crippen molar-refractivity contribution in [2.45, 2.75) is 13.8 Å². The maximum Gasteiger partial charge on any atom is 0.350 e. The number of carbonyl (C=O) groups is 1. The van der Waals surface area contributed by atoms with Crippen molar-refractivity contribution in [1.29, 1.82) is 0 Å². The molecule has 0 saturated carbocycles. The molecule has 2 aromatic heterocycles. The summed E-state index contributed by atoms with van der Waals surface area (Å²) < 4.78 is 11.0. The first-order valence-corrected chi connectivity index (χ1v) is 9.28. The number of halogens is 1. The lowest BCUT2D eigenvalue weighted by Gasteiger charge is -2.06. The Morgan fingerprint density at radius 2 is 2.12 bits per heavy atom. The predicted molar refractivity (Wildman–Crippen MR) is 106 cm³/mol. The number of hydrogen-bond acceptors (Lipinski definition) is 7. The van der Waals surface area contributed by atoms with Gasteiger partial charge in [0.05, 0.1) is 24.1 Å². The molecule has 134 valence electrons. The summed E-state index contributed by atoms with van der Waals surface area (Å²) in [5, 5.41) is 6.88.